The van der Waals surface area contributed by atoms with Gasteiger partial charge in [-0.25, -0.2) is 4.98 Å². The summed E-state index contributed by atoms with van der Waals surface area (Å²) in [5, 5.41) is 0.832. The first-order chi connectivity index (χ1) is 10.3. The van der Waals surface area contributed by atoms with Crippen molar-refractivity contribution < 1.29 is 14.3 Å². The molecule has 2 aromatic carbocycles. The smallest absolute Gasteiger partial charge is 0.231 e. The van der Waals surface area contributed by atoms with Gasteiger partial charge in [0.2, 0.25) is 6.79 Å². The minimum absolute atomic E-state index is 0.0346. The fourth-order valence-electron chi connectivity index (χ4n) is 2.30. The highest BCUT2D eigenvalue weighted by atomic mass is 32.1. The van der Waals surface area contributed by atoms with E-state index in [1.165, 1.54) is 0 Å². The Labute approximate surface area is 125 Å². The Kier molecular flexibility index (Phi) is 2.86. The maximum atomic E-state index is 12.4. The molecule has 1 aliphatic rings. The van der Waals surface area contributed by atoms with Crippen LogP contribution < -0.4 is 9.47 Å². The first kappa shape index (κ1) is 12.3. The molecule has 4 nitrogen and oxygen atoms in total. The highest BCUT2D eigenvalue weighted by molar-refractivity contribution is 7.18. The first-order valence-corrected chi connectivity index (χ1v) is 7.38. The number of rotatable bonds is 3. The third kappa shape index (κ3) is 2.25. The molecule has 21 heavy (non-hydrogen) atoms. The molecule has 1 aliphatic heterocycles. The molecule has 2 heterocycles. The Balaban J connectivity index is 1.60. The predicted molar refractivity (Wildman–Crippen MR) is 80.2 cm³/mol. The number of hydrogen-bond donors (Lipinski definition) is 0. The van der Waals surface area contributed by atoms with Gasteiger partial charge in [-0.2, -0.15) is 0 Å². The Morgan fingerprint density at radius 2 is 2.00 bits per heavy atom. The van der Waals surface area contributed by atoms with Crippen molar-refractivity contribution in [3.63, 3.8) is 0 Å². The zero-order valence-corrected chi connectivity index (χ0v) is 11.9. The number of fused-ring (bicyclic) bond motifs is 2. The fraction of sp³-hybridized carbons (Fsp3) is 0.125. The number of Topliss-reactive ketones (excluding diaryl/α,β-unsaturated/α-hetero) is 1. The van der Waals surface area contributed by atoms with Crippen LogP contribution in [0.15, 0.2) is 42.5 Å². The summed E-state index contributed by atoms with van der Waals surface area (Å²) >= 11 is 1.56. The number of ether oxygens (including phenoxy) is 2. The standard InChI is InChI=1S/C16H11NO3S/c18-12(10-5-6-13-14(7-10)20-9-19-13)8-16-17-11-3-1-2-4-15(11)21-16/h1-7H,8-9H2. The molecule has 3 aromatic rings. The van der Waals surface area contributed by atoms with E-state index in [2.05, 4.69) is 4.98 Å². The molecule has 0 spiro atoms. The van der Waals surface area contributed by atoms with Crippen molar-refractivity contribution in [3.05, 3.63) is 53.0 Å². The van der Waals surface area contributed by atoms with Crippen molar-refractivity contribution >= 4 is 27.3 Å². The molecule has 0 saturated heterocycles. The lowest BCUT2D eigenvalue weighted by Gasteiger charge is -2.00. The molecule has 1 aromatic heterocycles. The Hall–Kier alpha value is -2.40. The van der Waals surface area contributed by atoms with Crippen molar-refractivity contribution in [1.29, 1.82) is 0 Å². The van der Waals surface area contributed by atoms with E-state index >= 15 is 0 Å². The van der Waals surface area contributed by atoms with E-state index < -0.39 is 0 Å². The number of nitrogens with zero attached hydrogens (tertiary/aromatic N) is 1. The van der Waals surface area contributed by atoms with Crippen LogP contribution in [0.25, 0.3) is 10.2 Å². The van der Waals surface area contributed by atoms with Crippen LogP contribution in [0, 0.1) is 0 Å². The molecule has 5 heteroatoms. The van der Waals surface area contributed by atoms with E-state index in [9.17, 15) is 4.79 Å². The number of thiazole rings is 1. The minimum Gasteiger partial charge on any atom is -0.454 e. The van der Waals surface area contributed by atoms with Crippen molar-refractivity contribution in [3.8, 4) is 11.5 Å². The highest BCUT2D eigenvalue weighted by Gasteiger charge is 2.17. The zero-order chi connectivity index (χ0) is 14.2. The largest absolute Gasteiger partial charge is 0.454 e. The van der Waals surface area contributed by atoms with Crippen molar-refractivity contribution in [2.24, 2.45) is 0 Å². The third-order valence-corrected chi connectivity index (χ3v) is 4.38. The summed E-state index contributed by atoms with van der Waals surface area (Å²) in [6.07, 6.45) is 0.305. The van der Waals surface area contributed by atoms with E-state index in [1.54, 1.807) is 29.5 Å². The number of hydrogen-bond acceptors (Lipinski definition) is 5. The van der Waals surface area contributed by atoms with Crippen LogP contribution in [-0.2, 0) is 6.42 Å². The molecule has 0 aliphatic carbocycles. The molecule has 0 N–H and O–H groups in total. The Bertz CT molecular complexity index is 807. The molecule has 0 saturated carbocycles. The molecule has 0 radical (unpaired) electrons. The second-order valence-corrected chi connectivity index (χ2v) is 5.86. The van der Waals surface area contributed by atoms with Gasteiger partial charge in [-0.1, -0.05) is 12.1 Å². The number of benzene rings is 2. The number of para-hydroxylation sites is 1. The van der Waals surface area contributed by atoms with E-state index in [0.717, 1.165) is 15.2 Å². The van der Waals surface area contributed by atoms with Crippen LogP contribution in [0.3, 0.4) is 0 Å². The van der Waals surface area contributed by atoms with Crippen molar-refractivity contribution in [1.82, 2.24) is 4.98 Å². The molecule has 0 fully saturated rings. The topological polar surface area (TPSA) is 48.4 Å². The first-order valence-electron chi connectivity index (χ1n) is 6.57. The van der Waals surface area contributed by atoms with Gasteiger partial charge in [0.1, 0.15) is 5.01 Å². The predicted octanol–water partition coefficient (Wildman–Crippen LogP) is 3.45. The van der Waals surface area contributed by atoms with Crippen molar-refractivity contribution in [2.75, 3.05) is 6.79 Å². The van der Waals surface area contributed by atoms with Gasteiger partial charge in [0.25, 0.3) is 0 Å². The van der Waals surface area contributed by atoms with E-state index in [4.69, 9.17) is 9.47 Å². The number of aromatic nitrogens is 1. The van der Waals surface area contributed by atoms with Crippen LogP contribution in [0.5, 0.6) is 11.5 Å². The lowest BCUT2D eigenvalue weighted by Crippen LogP contribution is -2.03. The SMILES string of the molecule is O=C(Cc1nc2ccccc2s1)c1ccc2c(c1)OCO2. The van der Waals surface area contributed by atoms with Crippen LogP contribution in [0.2, 0.25) is 0 Å². The summed E-state index contributed by atoms with van der Waals surface area (Å²) < 4.78 is 11.7. The Morgan fingerprint density at radius 1 is 1.14 bits per heavy atom. The Morgan fingerprint density at radius 3 is 2.90 bits per heavy atom. The van der Waals surface area contributed by atoms with Gasteiger partial charge in [0, 0.05) is 5.56 Å². The second-order valence-electron chi connectivity index (χ2n) is 4.74. The van der Waals surface area contributed by atoms with Gasteiger partial charge < -0.3 is 9.47 Å². The van der Waals surface area contributed by atoms with E-state index in [0.29, 0.717) is 23.5 Å². The second kappa shape index (κ2) is 4.86. The maximum Gasteiger partial charge on any atom is 0.231 e. The monoisotopic (exact) mass is 297 g/mol. The summed E-state index contributed by atoms with van der Waals surface area (Å²) in [7, 11) is 0. The van der Waals surface area contributed by atoms with Crippen LogP contribution in [0.1, 0.15) is 15.4 Å². The van der Waals surface area contributed by atoms with Gasteiger partial charge in [-0.3, -0.25) is 4.79 Å². The summed E-state index contributed by atoms with van der Waals surface area (Å²) in [5.41, 5.74) is 1.56. The highest BCUT2D eigenvalue weighted by Crippen LogP contribution is 2.33. The summed E-state index contributed by atoms with van der Waals surface area (Å²) in [6.45, 7) is 0.213. The lowest BCUT2D eigenvalue weighted by molar-refractivity contribution is 0.0992. The summed E-state index contributed by atoms with van der Waals surface area (Å²) in [5.74, 6) is 1.35. The average Bonchev–Trinajstić information content (AvgIpc) is 3.11. The third-order valence-electron chi connectivity index (χ3n) is 3.34. The van der Waals surface area contributed by atoms with Gasteiger partial charge in [-0.05, 0) is 30.3 Å². The minimum atomic E-state index is 0.0346. The number of carbonyl (C=O) groups excluding carboxylic acids is 1. The molecule has 4 rings (SSSR count). The maximum absolute atomic E-state index is 12.4. The normalized spacial score (nSPS) is 12.8. The van der Waals surface area contributed by atoms with Crippen LogP contribution in [0.4, 0.5) is 0 Å². The van der Waals surface area contributed by atoms with E-state index in [-0.39, 0.29) is 12.6 Å². The van der Waals surface area contributed by atoms with Gasteiger partial charge >= 0.3 is 0 Å². The molecule has 0 unspecified atom stereocenters. The number of carbonyl (C=O) groups is 1. The van der Waals surface area contributed by atoms with Crippen molar-refractivity contribution in [2.45, 2.75) is 6.42 Å². The van der Waals surface area contributed by atoms with Crippen LogP contribution >= 0.6 is 11.3 Å². The molecule has 0 bridgehead atoms. The van der Waals surface area contributed by atoms with E-state index in [1.807, 2.05) is 24.3 Å². The summed E-state index contributed by atoms with van der Waals surface area (Å²) in [4.78, 5) is 16.9. The van der Waals surface area contributed by atoms with Gasteiger partial charge in [0.15, 0.2) is 17.3 Å². The average molecular weight is 297 g/mol. The molecular formula is C16H11NO3S. The molecular weight excluding hydrogens is 286 g/mol. The fourth-order valence-corrected chi connectivity index (χ4v) is 3.27. The molecule has 0 atom stereocenters. The number of ketones is 1. The molecule has 104 valence electrons. The summed E-state index contributed by atoms with van der Waals surface area (Å²) in [6, 6.07) is 13.2. The lowest BCUT2D eigenvalue weighted by atomic mass is 10.1. The van der Waals surface area contributed by atoms with Crippen LogP contribution in [-0.4, -0.2) is 17.6 Å². The zero-order valence-electron chi connectivity index (χ0n) is 11.0. The van der Waals surface area contributed by atoms with Gasteiger partial charge in [-0.15, -0.1) is 11.3 Å². The van der Waals surface area contributed by atoms with Gasteiger partial charge in [0.05, 0.1) is 16.6 Å². The quantitative estimate of drug-likeness (QED) is 0.695. The molecule has 0 amide bonds.